The lowest BCUT2D eigenvalue weighted by atomic mass is 10.2. The average molecular weight is 342 g/mol. The predicted octanol–water partition coefficient (Wildman–Crippen LogP) is 2.57. The quantitative estimate of drug-likeness (QED) is 0.613. The molecule has 0 spiro atoms. The molecule has 1 N–H and O–H groups in total. The third kappa shape index (κ3) is 2.21. The summed E-state index contributed by atoms with van der Waals surface area (Å²) < 4.78 is 12.6. The van der Waals surface area contributed by atoms with Gasteiger partial charge in [0.2, 0.25) is 10.8 Å². The Hall–Kier alpha value is -2.94. The number of H-pyrrole nitrogens is 1. The number of benzene rings is 1. The van der Waals surface area contributed by atoms with Gasteiger partial charge in [0.05, 0.1) is 19.8 Å². The van der Waals surface area contributed by atoms with Crippen LogP contribution in [0.2, 0.25) is 0 Å². The molecule has 0 radical (unpaired) electrons. The standard InChI is InChI=1S/C15H14N6O2S/c1-8-7-9(17-16-8)13-18-19-15-21(13)20-14(24-15)12-10(22-2)5-4-6-11(12)23-3/h4-7H,1-3H3,(H,16,17). The van der Waals surface area contributed by atoms with E-state index in [1.165, 1.54) is 11.3 Å². The molecule has 9 heteroatoms. The summed E-state index contributed by atoms with van der Waals surface area (Å²) in [6.07, 6.45) is 0. The largest absolute Gasteiger partial charge is 0.496 e. The first kappa shape index (κ1) is 14.6. The highest BCUT2D eigenvalue weighted by Gasteiger charge is 2.20. The number of aromatic amines is 1. The maximum absolute atomic E-state index is 5.46. The normalized spacial score (nSPS) is 11.1. The minimum Gasteiger partial charge on any atom is -0.496 e. The summed E-state index contributed by atoms with van der Waals surface area (Å²) in [5.74, 6) is 1.97. The molecular weight excluding hydrogens is 328 g/mol. The second kappa shape index (κ2) is 5.60. The van der Waals surface area contributed by atoms with E-state index in [2.05, 4.69) is 25.5 Å². The number of aromatic nitrogens is 6. The molecule has 0 saturated carbocycles. The third-order valence-corrected chi connectivity index (χ3v) is 4.48. The third-order valence-electron chi connectivity index (χ3n) is 3.57. The highest BCUT2D eigenvalue weighted by molar-refractivity contribution is 7.19. The van der Waals surface area contributed by atoms with Crippen LogP contribution in [0.15, 0.2) is 24.3 Å². The summed E-state index contributed by atoms with van der Waals surface area (Å²) in [6, 6.07) is 7.52. The van der Waals surface area contributed by atoms with Crippen LogP contribution in [0.25, 0.3) is 27.1 Å². The first-order valence-electron chi connectivity index (χ1n) is 7.17. The van der Waals surface area contributed by atoms with Crippen molar-refractivity contribution in [1.29, 1.82) is 0 Å². The number of hydrogen-bond donors (Lipinski definition) is 1. The molecule has 0 amide bonds. The fourth-order valence-electron chi connectivity index (χ4n) is 2.47. The fourth-order valence-corrected chi connectivity index (χ4v) is 3.37. The zero-order valence-corrected chi connectivity index (χ0v) is 14.1. The van der Waals surface area contributed by atoms with Crippen LogP contribution in [0.1, 0.15) is 5.69 Å². The second-order valence-electron chi connectivity index (χ2n) is 5.10. The smallest absolute Gasteiger partial charge is 0.235 e. The van der Waals surface area contributed by atoms with E-state index in [0.29, 0.717) is 28.0 Å². The van der Waals surface area contributed by atoms with E-state index in [1.54, 1.807) is 18.7 Å². The van der Waals surface area contributed by atoms with Gasteiger partial charge in [0.1, 0.15) is 17.2 Å². The van der Waals surface area contributed by atoms with Crippen LogP contribution in [0.3, 0.4) is 0 Å². The van der Waals surface area contributed by atoms with Crippen molar-refractivity contribution < 1.29 is 9.47 Å². The zero-order chi connectivity index (χ0) is 16.7. The van der Waals surface area contributed by atoms with E-state index in [4.69, 9.17) is 9.47 Å². The van der Waals surface area contributed by atoms with Gasteiger partial charge in [-0.05, 0) is 25.1 Å². The SMILES string of the molecule is COc1cccc(OC)c1-c1nn2c(-c3cc(C)[nH]n3)nnc2s1. The lowest BCUT2D eigenvalue weighted by Crippen LogP contribution is -1.95. The van der Waals surface area contributed by atoms with E-state index in [0.717, 1.165) is 16.3 Å². The van der Waals surface area contributed by atoms with E-state index in [9.17, 15) is 0 Å². The first-order chi connectivity index (χ1) is 11.7. The number of aryl methyl sites for hydroxylation is 1. The zero-order valence-electron chi connectivity index (χ0n) is 13.3. The molecule has 0 bridgehead atoms. The van der Waals surface area contributed by atoms with Crippen LogP contribution >= 0.6 is 11.3 Å². The summed E-state index contributed by atoms with van der Waals surface area (Å²) in [4.78, 5) is 0.675. The highest BCUT2D eigenvalue weighted by atomic mass is 32.1. The number of ether oxygens (including phenoxy) is 2. The molecule has 3 aromatic heterocycles. The Kier molecular flexibility index (Phi) is 3.42. The number of fused-ring (bicyclic) bond motifs is 1. The molecule has 0 fully saturated rings. The van der Waals surface area contributed by atoms with Crippen LogP contribution in [-0.2, 0) is 0 Å². The Balaban J connectivity index is 1.90. The van der Waals surface area contributed by atoms with Crippen molar-refractivity contribution in [3.05, 3.63) is 30.0 Å². The van der Waals surface area contributed by atoms with Gasteiger partial charge in [-0.25, -0.2) is 0 Å². The summed E-state index contributed by atoms with van der Waals surface area (Å²) in [5.41, 5.74) is 2.44. The van der Waals surface area contributed by atoms with Gasteiger partial charge in [0.15, 0.2) is 5.01 Å². The van der Waals surface area contributed by atoms with Gasteiger partial charge in [-0.3, -0.25) is 5.10 Å². The van der Waals surface area contributed by atoms with E-state index in [-0.39, 0.29) is 0 Å². The van der Waals surface area contributed by atoms with Gasteiger partial charge >= 0.3 is 0 Å². The highest BCUT2D eigenvalue weighted by Crippen LogP contribution is 2.40. The summed E-state index contributed by atoms with van der Waals surface area (Å²) >= 11 is 1.41. The van der Waals surface area contributed by atoms with Crippen LogP contribution in [-0.4, -0.2) is 44.2 Å². The summed E-state index contributed by atoms with van der Waals surface area (Å²) in [7, 11) is 3.24. The average Bonchev–Trinajstić information content (AvgIpc) is 3.29. The van der Waals surface area contributed by atoms with Crippen LogP contribution in [0, 0.1) is 6.92 Å². The van der Waals surface area contributed by atoms with Crippen molar-refractivity contribution in [3.63, 3.8) is 0 Å². The molecule has 4 rings (SSSR count). The molecule has 122 valence electrons. The van der Waals surface area contributed by atoms with E-state index in [1.807, 2.05) is 31.2 Å². The number of methoxy groups -OCH3 is 2. The van der Waals surface area contributed by atoms with Crippen LogP contribution in [0.5, 0.6) is 11.5 Å². The Morgan fingerprint density at radius 1 is 1.12 bits per heavy atom. The molecule has 0 unspecified atom stereocenters. The van der Waals surface area contributed by atoms with Gasteiger partial charge in [-0.2, -0.15) is 14.7 Å². The minimum absolute atomic E-state index is 0.589. The molecule has 0 aliphatic heterocycles. The fraction of sp³-hybridized carbons (Fsp3) is 0.200. The Morgan fingerprint density at radius 2 is 1.88 bits per heavy atom. The Bertz CT molecular complexity index is 996. The van der Waals surface area contributed by atoms with Crippen LogP contribution in [0.4, 0.5) is 0 Å². The molecule has 0 aliphatic rings. The summed E-state index contributed by atoms with van der Waals surface area (Å²) in [5, 5.41) is 20.9. The van der Waals surface area contributed by atoms with Crippen molar-refractivity contribution in [1.82, 2.24) is 30.0 Å². The lowest BCUT2D eigenvalue weighted by Gasteiger charge is -2.10. The van der Waals surface area contributed by atoms with Gasteiger partial charge in [0.25, 0.3) is 0 Å². The topological polar surface area (TPSA) is 90.2 Å². The molecule has 4 aromatic rings. The molecular formula is C15H14N6O2S. The molecule has 0 aliphatic carbocycles. The van der Waals surface area contributed by atoms with Gasteiger partial charge in [0, 0.05) is 5.69 Å². The van der Waals surface area contributed by atoms with Crippen molar-refractivity contribution >= 4 is 16.3 Å². The Morgan fingerprint density at radius 3 is 2.50 bits per heavy atom. The van der Waals surface area contributed by atoms with Crippen molar-refractivity contribution in [2.24, 2.45) is 0 Å². The van der Waals surface area contributed by atoms with Crippen molar-refractivity contribution in [2.45, 2.75) is 6.92 Å². The lowest BCUT2D eigenvalue weighted by molar-refractivity contribution is 0.397. The monoisotopic (exact) mass is 342 g/mol. The number of nitrogens with one attached hydrogen (secondary N) is 1. The number of rotatable bonds is 4. The van der Waals surface area contributed by atoms with Crippen molar-refractivity contribution in [2.75, 3.05) is 14.2 Å². The molecule has 24 heavy (non-hydrogen) atoms. The van der Waals surface area contributed by atoms with Crippen LogP contribution < -0.4 is 9.47 Å². The maximum atomic E-state index is 5.46. The number of nitrogens with zero attached hydrogens (tertiary/aromatic N) is 5. The molecule has 1 aromatic carbocycles. The molecule has 3 heterocycles. The summed E-state index contributed by atoms with van der Waals surface area (Å²) in [6.45, 7) is 1.93. The van der Waals surface area contributed by atoms with E-state index < -0.39 is 0 Å². The molecule has 0 saturated heterocycles. The second-order valence-corrected chi connectivity index (χ2v) is 6.05. The van der Waals surface area contributed by atoms with Gasteiger partial charge < -0.3 is 9.47 Å². The van der Waals surface area contributed by atoms with Gasteiger partial charge in [-0.1, -0.05) is 17.4 Å². The molecule has 0 atom stereocenters. The number of hydrogen-bond acceptors (Lipinski definition) is 7. The van der Waals surface area contributed by atoms with Crippen molar-refractivity contribution in [3.8, 4) is 33.6 Å². The maximum Gasteiger partial charge on any atom is 0.235 e. The van der Waals surface area contributed by atoms with Gasteiger partial charge in [-0.15, -0.1) is 10.2 Å². The minimum atomic E-state index is 0.589. The van der Waals surface area contributed by atoms with E-state index >= 15 is 0 Å². The first-order valence-corrected chi connectivity index (χ1v) is 7.99. The predicted molar refractivity (Wildman–Crippen MR) is 89.5 cm³/mol. The Labute approximate surface area is 141 Å². The molecule has 8 nitrogen and oxygen atoms in total.